The van der Waals surface area contributed by atoms with Crippen LogP contribution in [0.1, 0.15) is 59.6 Å². The fraction of sp³-hybridized carbons (Fsp3) is 0.588. The number of halogens is 1. The van der Waals surface area contributed by atoms with E-state index < -0.39 is 23.1 Å². The van der Waals surface area contributed by atoms with E-state index >= 15 is 0 Å². The number of amides is 1. The van der Waals surface area contributed by atoms with Crippen molar-refractivity contribution in [2.24, 2.45) is 5.41 Å². The lowest BCUT2D eigenvalue weighted by molar-refractivity contribution is -0.157. The van der Waals surface area contributed by atoms with Gasteiger partial charge >= 0.3 is 5.97 Å². The van der Waals surface area contributed by atoms with Gasteiger partial charge in [0.05, 0.1) is 12.5 Å². The SMILES string of the molecule is CC(C)(C)OC(=O)CC(O)c1ccc(Cl)nc1NC(=O)C(C)(C)C. The fourth-order valence-corrected chi connectivity index (χ4v) is 1.91. The lowest BCUT2D eigenvalue weighted by atomic mass is 9.95. The zero-order valence-electron chi connectivity index (χ0n) is 14.9. The van der Waals surface area contributed by atoms with E-state index in [-0.39, 0.29) is 23.3 Å². The fourth-order valence-electron chi connectivity index (χ4n) is 1.76. The molecule has 0 aliphatic heterocycles. The molecule has 2 N–H and O–H groups in total. The smallest absolute Gasteiger partial charge is 0.309 e. The molecule has 134 valence electrons. The number of aromatic nitrogens is 1. The van der Waals surface area contributed by atoms with Gasteiger partial charge in [-0.25, -0.2) is 4.98 Å². The Labute approximate surface area is 147 Å². The molecule has 0 bridgehead atoms. The molecule has 1 amide bonds. The lowest BCUT2D eigenvalue weighted by Crippen LogP contribution is -2.29. The quantitative estimate of drug-likeness (QED) is 0.636. The molecule has 7 heteroatoms. The second kappa shape index (κ2) is 7.49. The van der Waals surface area contributed by atoms with Crippen molar-refractivity contribution >= 4 is 29.3 Å². The Balaban J connectivity index is 2.98. The minimum atomic E-state index is -1.17. The minimum absolute atomic E-state index is 0.137. The van der Waals surface area contributed by atoms with E-state index in [2.05, 4.69) is 10.3 Å². The van der Waals surface area contributed by atoms with Crippen LogP contribution in [0.25, 0.3) is 0 Å². The van der Waals surface area contributed by atoms with Crippen LogP contribution in [0.3, 0.4) is 0 Å². The lowest BCUT2D eigenvalue weighted by Gasteiger charge is -2.22. The third-order valence-electron chi connectivity index (χ3n) is 2.94. The summed E-state index contributed by atoms with van der Waals surface area (Å²) in [4.78, 5) is 28.1. The van der Waals surface area contributed by atoms with E-state index in [1.807, 2.05) is 0 Å². The van der Waals surface area contributed by atoms with Crippen LogP contribution in [0.4, 0.5) is 5.82 Å². The van der Waals surface area contributed by atoms with Crippen molar-refractivity contribution in [3.63, 3.8) is 0 Å². The third kappa shape index (κ3) is 6.45. The number of rotatable bonds is 4. The van der Waals surface area contributed by atoms with E-state index in [9.17, 15) is 14.7 Å². The average Bonchev–Trinajstić information content (AvgIpc) is 2.34. The highest BCUT2D eigenvalue weighted by atomic mass is 35.5. The van der Waals surface area contributed by atoms with Crippen LogP contribution in [0.5, 0.6) is 0 Å². The van der Waals surface area contributed by atoms with Crippen LogP contribution in [0.2, 0.25) is 5.15 Å². The molecule has 1 aromatic rings. The number of pyridine rings is 1. The topological polar surface area (TPSA) is 88.5 Å². The number of anilines is 1. The Morgan fingerprint density at radius 1 is 1.25 bits per heavy atom. The van der Waals surface area contributed by atoms with Gasteiger partial charge < -0.3 is 15.2 Å². The van der Waals surface area contributed by atoms with Crippen LogP contribution in [-0.4, -0.2) is 27.6 Å². The summed E-state index contributed by atoms with van der Waals surface area (Å²) in [5, 5.41) is 13.2. The van der Waals surface area contributed by atoms with Crippen molar-refractivity contribution in [3.05, 3.63) is 22.8 Å². The number of nitrogens with one attached hydrogen (secondary N) is 1. The van der Waals surface area contributed by atoms with Crippen LogP contribution in [-0.2, 0) is 14.3 Å². The van der Waals surface area contributed by atoms with Crippen LogP contribution >= 0.6 is 11.6 Å². The van der Waals surface area contributed by atoms with Gasteiger partial charge in [0.1, 0.15) is 16.6 Å². The van der Waals surface area contributed by atoms with Gasteiger partial charge in [0.2, 0.25) is 5.91 Å². The second-order valence-corrected chi connectivity index (χ2v) is 7.97. The molecule has 1 rings (SSSR count). The Kier molecular flexibility index (Phi) is 6.36. The molecule has 24 heavy (non-hydrogen) atoms. The van der Waals surface area contributed by atoms with E-state index in [0.717, 1.165) is 0 Å². The largest absolute Gasteiger partial charge is 0.460 e. The Hall–Kier alpha value is -1.66. The Morgan fingerprint density at radius 3 is 2.33 bits per heavy atom. The summed E-state index contributed by atoms with van der Waals surface area (Å²) in [6.45, 7) is 10.5. The molecule has 1 unspecified atom stereocenters. The van der Waals surface area contributed by atoms with Crippen molar-refractivity contribution < 1.29 is 19.4 Å². The maximum absolute atomic E-state index is 12.2. The van der Waals surface area contributed by atoms with Crippen LogP contribution in [0.15, 0.2) is 12.1 Å². The first kappa shape index (κ1) is 20.4. The van der Waals surface area contributed by atoms with E-state index in [1.54, 1.807) is 41.5 Å². The Morgan fingerprint density at radius 2 is 1.83 bits per heavy atom. The number of aliphatic hydroxyl groups is 1. The summed E-state index contributed by atoms with van der Waals surface area (Å²) < 4.78 is 5.20. The van der Waals surface area contributed by atoms with Gasteiger partial charge in [0.25, 0.3) is 0 Å². The molecule has 0 aliphatic carbocycles. The maximum Gasteiger partial charge on any atom is 0.309 e. The van der Waals surface area contributed by atoms with E-state index in [4.69, 9.17) is 16.3 Å². The first-order valence-corrected chi connectivity index (χ1v) is 8.05. The highest BCUT2D eigenvalue weighted by molar-refractivity contribution is 6.29. The number of aliphatic hydroxyl groups excluding tert-OH is 1. The molecule has 0 radical (unpaired) electrons. The molecule has 0 fully saturated rings. The van der Waals surface area contributed by atoms with Crippen LogP contribution in [0, 0.1) is 5.41 Å². The average molecular weight is 357 g/mol. The Bertz CT molecular complexity index is 618. The predicted octanol–water partition coefficient (Wildman–Crippen LogP) is 3.48. The number of hydrogen-bond acceptors (Lipinski definition) is 5. The van der Waals surface area contributed by atoms with Gasteiger partial charge in [0, 0.05) is 11.0 Å². The van der Waals surface area contributed by atoms with Gasteiger partial charge in [-0.15, -0.1) is 0 Å². The molecule has 0 saturated carbocycles. The number of esters is 1. The van der Waals surface area contributed by atoms with Gasteiger partial charge in [-0.1, -0.05) is 32.4 Å². The number of hydrogen-bond donors (Lipinski definition) is 2. The van der Waals surface area contributed by atoms with Gasteiger partial charge in [-0.05, 0) is 32.9 Å². The predicted molar refractivity (Wildman–Crippen MR) is 92.8 cm³/mol. The summed E-state index contributed by atoms with van der Waals surface area (Å²) in [5.41, 5.74) is -0.974. The standard InChI is InChI=1S/C17H25ClN2O4/c1-16(2,3)15(23)20-14-10(7-8-12(18)19-14)11(21)9-13(22)24-17(4,5)6/h7-8,11,21H,9H2,1-6H3,(H,19,20,23). The second-order valence-electron chi connectivity index (χ2n) is 7.58. The molecule has 0 aromatic carbocycles. The molecular formula is C17H25ClN2O4. The molecule has 1 heterocycles. The third-order valence-corrected chi connectivity index (χ3v) is 3.16. The molecule has 1 aromatic heterocycles. The van der Waals surface area contributed by atoms with E-state index in [0.29, 0.717) is 5.56 Å². The number of ether oxygens (including phenoxy) is 1. The normalized spacial score (nSPS) is 13.3. The van der Waals surface area contributed by atoms with E-state index in [1.165, 1.54) is 12.1 Å². The van der Waals surface area contributed by atoms with Crippen molar-refractivity contribution in [1.29, 1.82) is 0 Å². The summed E-state index contributed by atoms with van der Waals surface area (Å²) in [7, 11) is 0. The van der Waals surface area contributed by atoms with Gasteiger partial charge in [0.15, 0.2) is 0 Å². The number of nitrogens with zero attached hydrogens (tertiary/aromatic N) is 1. The molecule has 0 saturated heterocycles. The van der Waals surface area contributed by atoms with Crippen molar-refractivity contribution in [2.75, 3.05) is 5.32 Å². The van der Waals surface area contributed by atoms with Gasteiger partial charge in [-0.2, -0.15) is 0 Å². The van der Waals surface area contributed by atoms with Crippen molar-refractivity contribution in [1.82, 2.24) is 4.98 Å². The monoisotopic (exact) mass is 356 g/mol. The summed E-state index contributed by atoms with van der Waals surface area (Å²) >= 11 is 5.88. The molecule has 0 spiro atoms. The molecule has 1 atom stereocenters. The highest BCUT2D eigenvalue weighted by Gasteiger charge is 2.26. The number of carbonyl (C=O) groups excluding carboxylic acids is 2. The minimum Gasteiger partial charge on any atom is -0.460 e. The zero-order valence-corrected chi connectivity index (χ0v) is 15.7. The van der Waals surface area contributed by atoms with Crippen LogP contribution < -0.4 is 5.32 Å². The molecule has 0 aliphatic rings. The summed E-state index contributed by atoms with van der Waals surface area (Å²) in [5.74, 6) is -0.681. The molecular weight excluding hydrogens is 332 g/mol. The molecule has 6 nitrogen and oxygen atoms in total. The summed E-state index contributed by atoms with van der Waals surface area (Å²) in [6, 6.07) is 3.02. The number of carbonyl (C=O) groups is 2. The first-order valence-electron chi connectivity index (χ1n) is 7.67. The zero-order chi connectivity index (χ0) is 18.7. The summed E-state index contributed by atoms with van der Waals surface area (Å²) in [6.07, 6.45) is -1.42. The first-order chi connectivity index (χ1) is 10.8. The maximum atomic E-state index is 12.2. The van der Waals surface area contributed by atoms with Gasteiger partial charge in [-0.3, -0.25) is 9.59 Å². The highest BCUT2D eigenvalue weighted by Crippen LogP contribution is 2.28. The van der Waals surface area contributed by atoms with Crippen molar-refractivity contribution in [3.8, 4) is 0 Å². The van der Waals surface area contributed by atoms with Crippen molar-refractivity contribution in [2.45, 2.75) is 59.7 Å².